The Balaban J connectivity index is 1.18. The molecule has 2 N–H and O–H groups in total. The van der Waals surface area contributed by atoms with Crippen molar-refractivity contribution in [3.63, 3.8) is 0 Å². The average Bonchev–Trinajstić information content (AvgIpc) is 3.53. The summed E-state index contributed by atoms with van der Waals surface area (Å²) in [5.41, 5.74) is 3.96. The van der Waals surface area contributed by atoms with E-state index in [0.717, 1.165) is 63.4 Å². The highest BCUT2D eigenvalue weighted by Crippen LogP contribution is 2.37. The number of nitrogens with zero attached hydrogens (tertiary/aromatic N) is 6. The first-order valence-corrected chi connectivity index (χ1v) is 17.3. The van der Waals surface area contributed by atoms with Crippen molar-refractivity contribution in [3.8, 4) is 21.8 Å². The van der Waals surface area contributed by atoms with Gasteiger partial charge in [-0.25, -0.2) is 33.1 Å². The van der Waals surface area contributed by atoms with E-state index in [4.69, 9.17) is 9.97 Å². The Kier molecular flexibility index (Phi) is 9.33. The fourth-order valence-corrected chi connectivity index (χ4v) is 7.18. The molecule has 11 nitrogen and oxygen atoms in total. The molecule has 3 aromatic heterocycles. The van der Waals surface area contributed by atoms with Gasteiger partial charge in [-0.2, -0.15) is 0 Å². The molecule has 4 heterocycles. The number of amides is 1. The highest BCUT2D eigenvalue weighted by Gasteiger charge is 2.20. The predicted molar refractivity (Wildman–Crippen MR) is 180 cm³/mol. The highest BCUT2D eigenvalue weighted by molar-refractivity contribution is 7.89. The summed E-state index contributed by atoms with van der Waals surface area (Å²) in [4.78, 5) is 35.6. The highest BCUT2D eigenvalue weighted by atomic mass is 32.2. The SMILES string of the molecule is CCc1nc(-c2cccc(CNS(=O)(=O)c3ccccc3)c2)c(-c2ccnc(Nc3ccc(N4CCN(C(C)=O)CC4)nc3)n2)s1. The number of benzene rings is 2. The minimum atomic E-state index is -3.64. The second-order valence-corrected chi connectivity index (χ2v) is 13.6. The molecule has 0 bridgehead atoms. The van der Waals surface area contributed by atoms with Crippen molar-refractivity contribution in [1.82, 2.24) is 29.6 Å². The third-order valence-corrected chi connectivity index (χ3v) is 10.3. The van der Waals surface area contributed by atoms with Crippen LogP contribution in [0.25, 0.3) is 21.8 Å². The molecule has 0 aliphatic carbocycles. The van der Waals surface area contributed by atoms with Crippen LogP contribution in [0, 0.1) is 0 Å². The zero-order chi connectivity index (χ0) is 32.1. The lowest BCUT2D eigenvalue weighted by Gasteiger charge is -2.34. The first-order chi connectivity index (χ1) is 22.3. The smallest absolute Gasteiger partial charge is 0.240 e. The van der Waals surface area contributed by atoms with Crippen LogP contribution >= 0.6 is 11.3 Å². The molecular weight excluding hydrogens is 621 g/mol. The van der Waals surface area contributed by atoms with E-state index < -0.39 is 10.0 Å². The molecule has 1 aliphatic rings. The van der Waals surface area contributed by atoms with Crippen molar-refractivity contribution in [1.29, 1.82) is 0 Å². The van der Waals surface area contributed by atoms with E-state index >= 15 is 0 Å². The van der Waals surface area contributed by atoms with Crippen LogP contribution in [0.2, 0.25) is 0 Å². The van der Waals surface area contributed by atoms with E-state index in [2.05, 4.69) is 31.8 Å². The largest absolute Gasteiger partial charge is 0.353 e. The van der Waals surface area contributed by atoms with Crippen LogP contribution in [0.4, 0.5) is 17.5 Å². The van der Waals surface area contributed by atoms with E-state index in [1.807, 2.05) is 47.4 Å². The van der Waals surface area contributed by atoms with E-state index in [1.165, 1.54) is 0 Å². The van der Waals surface area contributed by atoms with E-state index in [9.17, 15) is 13.2 Å². The second-order valence-electron chi connectivity index (χ2n) is 10.8. The Labute approximate surface area is 272 Å². The van der Waals surface area contributed by atoms with Crippen molar-refractivity contribution in [2.75, 3.05) is 36.4 Å². The Bertz CT molecular complexity index is 1920. The lowest BCUT2D eigenvalue weighted by molar-refractivity contribution is -0.129. The minimum absolute atomic E-state index is 0.101. The molecule has 1 saturated heterocycles. The maximum absolute atomic E-state index is 12.8. The van der Waals surface area contributed by atoms with Gasteiger partial charge in [0.2, 0.25) is 21.9 Å². The molecule has 5 aromatic rings. The van der Waals surface area contributed by atoms with Crippen LogP contribution < -0.4 is 14.9 Å². The number of rotatable bonds is 10. The van der Waals surface area contributed by atoms with Gasteiger partial charge in [-0.1, -0.05) is 43.3 Å². The van der Waals surface area contributed by atoms with E-state index in [1.54, 1.807) is 61.0 Å². The van der Waals surface area contributed by atoms with Gasteiger partial charge < -0.3 is 15.1 Å². The molecular formula is C33H34N8O3S2. The maximum atomic E-state index is 12.8. The first kappa shape index (κ1) is 31.3. The molecule has 6 rings (SSSR count). The zero-order valence-electron chi connectivity index (χ0n) is 25.6. The van der Waals surface area contributed by atoms with Crippen molar-refractivity contribution in [2.45, 2.75) is 31.7 Å². The number of carbonyl (C=O) groups excluding carboxylic acids is 1. The van der Waals surface area contributed by atoms with Gasteiger partial charge in [-0.05, 0) is 48.4 Å². The standard InChI is InChI=1S/C33H34N8O3S2/c1-3-30-39-31(25-9-7-8-24(20-25)21-36-46(43,44)27-10-5-4-6-11-27)32(45-30)28-14-15-34-33(38-28)37-26-12-13-29(35-22-26)41-18-16-40(17-19-41)23(2)42/h4-15,20,22,36H,3,16-19,21H2,1-2H3,(H,34,37,38). The molecule has 1 aliphatic heterocycles. The fourth-order valence-electron chi connectivity index (χ4n) is 5.15. The number of thiazole rings is 1. The summed E-state index contributed by atoms with van der Waals surface area (Å²) in [6.07, 6.45) is 4.24. The number of hydrogen-bond donors (Lipinski definition) is 2. The number of hydrogen-bond acceptors (Lipinski definition) is 10. The third kappa shape index (κ3) is 7.22. The number of aromatic nitrogens is 4. The summed E-state index contributed by atoms with van der Waals surface area (Å²) in [7, 11) is -3.64. The van der Waals surface area contributed by atoms with Gasteiger partial charge in [-0.3, -0.25) is 4.79 Å². The molecule has 0 unspecified atom stereocenters. The normalized spacial score (nSPS) is 13.5. The van der Waals surface area contributed by atoms with Crippen molar-refractivity contribution < 1.29 is 13.2 Å². The number of pyridine rings is 1. The van der Waals surface area contributed by atoms with E-state index in [0.29, 0.717) is 19.0 Å². The molecule has 0 radical (unpaired) electrons. The molecule has 1 fully saturated rings. The summed E-state index contributed by atoms with van der Waals surface area (Å²) < 4.78 is 28.2. The maximum Gasteiger partial charge on any atom is 0.240 e. The molecule has 13 heteroatoms. The Morgan fingerprint density at radius 2 is 1.74 bits per heavy atom. The van der Waals surface area contributed by atoms with E-state index in [-0.39, 0.29) is 17.3 Å². The van der Waals surface area contributed by atoms with Gasteiger partial charge in [-0.15, -0.1) is 11.3 Å². The first-order valence-electron chi connectivity index (χ1n) is 15.0. The lowest BCUT2D eigenvalue weighted by Crippen LogP contribution is -2.48. The van der Waals surface area contributed by atoms with Crippen molar-refractivity contribution in [3.05, 3.63) is 95.8 Å². The van der Waals surface area contributed by atoms with Gasteiger partial charge in [0, 0.05) is 51.4 Å². The van der Waals surface area contributed by atoms with Crippen LogP contribution in [0.5, 0.6) is 0 Å². The summed E-state index contributed by atoms with van der Waals surface area (Å²) in [5, 5.41) is 4.23. The third-order valence-electron chi connectivity index (χ3n) is 7.64. The fraction of sp³-hybridized carbons (Fsp3) is 0.242. The molecule has 2 aromatic carbocycles. The summed E-state index contributed by atoms with van der Waals surface area (Å²) in [5.74, 6) is 1.40. The number of aryl methyl sites for hydroxylation is 1. The Hall–Kier alpha value is -4.72. The molecule has 0 saturated carbocycles. The van der Waals surface area contributed by atoms with Gasteiger partial charge >= 0.3 is 0 Å². The lowest BCUT2D eigenvalue weighted by atomic mass is 10.1. The Morgan fingerprint density at radius 1 is 0.935 bits per heavy atom. The summed E-state index contributed by atoms with van der Waals surface area (Å²) in [6, 6.07) is 21.8. The second kappa shape index (κ2) is 13.7. The topological polar surface area (TPSA) is 133 Å². The zero-order valence-corrected chi connectivity index (χ0v) is 27.2. The van der Waals surface area contributed by atoms with Crippen molar-refractivity contribution >= 4 is 44.7 Å². The average molecular weight is 655 g/mol. The van der Waals surface area contributed by atoms with Gasteiger partial charge in [0.05, 0.1) is 38.1 Å². The summed E-state index contributed by atoms with van der Waals surface area (Å²) in [6.45, 7) is 6.68. The Morgan fingerprint density at radius 3 is 2.46 bits per heavy atom. The minimum Gasteiger partial charge on any atom is -0.353 e. The van der Waals surface area contributed by atoms with Gasteiger partial charge in [0.25, 0.3) is 0 Å². The van der Waals surface area contributed by atoms with Crippen LogP contribution in [-0.4, -0.2) is 65.3 Å². The molecule has 46 heavy (non-hydrogen) atoms. The molecule has 1 amide bonds. The monoisotopic (exact) mass is 654 g/mol. The van der Waals surface area contributed by atoms with Gasteiger partial charge in [0.1, 0.15) is 5.82 Å². The number of sulfonamides is 1. The number of piperazine rings is 1. The van der Waals surface area contributed by atoms with Crippen LogP contribution in [0.15, 0.2) is 90.1 Å². The number of carbonyl (C=O) groups is 1. The summed E-state index contributed by atoms with van der Waals surface area (Å²) >= 11 is 1.58. The van der Waals surface area contributed by atoms with Crippen LogP contribution in [0.1, 0.15) is 24.4 Å². The van der Waals surface area contributed by atoms with Crippen molar-refractivity contribution in [2.24, 2.45) is 0 Å². The predicted octanol–water partition coefficient (Wildman–Crippen LogP) is 5.12. The van der Waals surface area contributed by atoms with Crippen LogP contribution in [0.3, 0.4) is 0 Å². The molecule has 236 valence electrons. The van der Waals surface area contributed by atoms with Gasteiger partial charge in [0.15, 0.2) is 0 Å². The quantitative estimate of drug-likeness (QED) is 0.211. The van der Waals surface area contributed by atoms with Crippen LogP contribution in [-0.2, 0) is 27.8 Å². The number of anilines is 3. The number of nitrogens with one attached hydrogen (secondary N) is 2. The molecule has 0 atom stereocenters. The molecule has 0 spiro atoms.